The second-order valence-electron chi connectivity index (χ2n) is 4.06. The van der Waals surface area contributed by atoms with E-state index in [-0.39, 0.29) is 18.8 Å². The third-order valence-corrected chi connectivity index (χ3v) is 2.28. The van der Waals surface area contributed by atoms with Gasteiger partial charge in [-0.3, -0.25) is 0 Å². The van der Waals surface area contributed by atoms with Gasteiger partial charge in [0.05, 0.1) is 18.8 Å². The van der Waals surface area contributed by atoms with Crippen molar-refractivity contribution in [1.82, 2.24) is 0 Å². The van der Waals surface area contributed by atoms with Crippen LogP contribution in [0.1, 0.15) is 20.8 Å². The van der Waals surface area contributed by atoms with Gasteiger partial charge in [0, 0.05) is 0 Å². The summed E-state index contributed by atoms with van der Waals surface area (Å²) < 4.78 is 15.4. The maximum atomic E-state index is 11.3. The van der Waals surface area contributed by atoms with Crippen LogP contribution in [-0.2, 0) is 19.0 Å². The van der Waals surface area contributed by atoms with E-state index in [4.69, 9.17) is 14.2 Å². The maximum Gasteiger partial charge on any atom is 0.336 e. The van der Waals surface area contributed by atoms with Crippen molar-refractivity contribution in [3.8, 4) is 0 Å². The third kappa shape index (κ3) is 3.04. The summed E-state index contributed by atoms with van der Waals surface area (Å²) in [6.07, 6.45) is -1.67. The van der Waals surface area contributed by atoms with E-state index < -0.39 is 24.0 Å². The average molecular weight is 230 g/mol. The van der Waals surface area contributed by atoms with Gasteiger partial charge in [0.1, 0.15) is 12.2 Å². The van der Waals surface area contributed by atoms with Crippen LogP contribution in [0.3, 0.4) is 0 Å². The number of esters is 1. The lowest BCUT2D eigenvalue weighted by Crippen LogP contribution is -2.34. The predicted molar refractivity (Wildman–Crippen MR) is 56.7 cm³/mol. The number of hydrogen-bond acceptors (Lipinski definition) is 5. The van der Waals surface area contributed by atoms with Crippen molar-refractivity contribution in [3.63, 3.8) is 0 Å². The van der Waals surface area contributed by atoms with Crippen LogP contribution in [0.2, 0.25) is 0 Å². The molecule has 0 unspecified atom stereocenters. The summed E-state index contributed by atoms with van der Waals surface area (Å²) in [6.45, 7) is 9.16. The molecule has 16 heavy (non-hydrogen) atoms. The first-order chi connectivity index (χ1) is 7.37. The van der Waals surface area contributed by atoms with Crippen LogP contribution in [0.25, 0.3) is 0 Å². The van der Waals surface area contributed by atoms with Crippen LogP contribution >= 0.6 is 0 Å². The maximum absolute atomic E-state index is 11.3. The van der Waals surface area contributed by atoms with Gasteiger partial charge in [-0.15, -0.1) is 0 Å². The van der Waals surface area contributed by atoms with E-state index in [2.05, 4.69) is 6.58 Å². The minimum atomic E-state index is -1.10. The molecule has 0 saturated carbocycles. The molecular weight excluding hydrogens is 212 g/mol. The van der Waals surface area contributed by atoms with Gasteiger partial charge in [0.15, 0.2) is 5.79 Å². The van der Waals surface area contributed by atoms with Gasteiger partial charge in [-0.2, -0.15) is 0 Å². The fraction of sp³-hybridized carbons (Fsp3) is 0.727. The van der Waals surface area contributed by atoms with Crippen molar-refractivity contribution in [3.05, 3.63) is 12.2 Å². The van der Waals surface area contributed by atoms with Gasteiger partial charge in [0.2, 0.25) is 0 Å². The minimum absolute atomic E-state index is 0.00634. The van der Waals surface area contributed by atoms with Gasteiger partial charge in [-0.05, 0) is 20.8 Å². The molecule has 1 rings (SSSR count). The number of ether oxygens (including phenoxy) is 3. The van der Waals surface area contributed by atoms with Crippen molar-refractivity contribution < 1.29 is 24.1 Å². The van der Waals surface area contributed by atoms with E-state index in [0.717, 1.165) is 0 Å². The molecule has 1 aliphatic rings. The van der Waals surface area contributed by atoms with Gasteiger partial charge in [-0.25, -0.2) is 4.79 Å². The van der Waals surface area contributed by atoms with Crippen LogP contribution in [0.4, 0.5) is 0 Å². The SMILES string of the molecule is C=C(C(=O)OCC)[C@H](O)[C@H]1COC(C)(C)O1. The minimum Gasteiger partial charge on any atom is -0.463 e. The number of aliphatic hydroxyl groups excluding tert-OH is 1. The van der Waals surface area contributed by atoms with E-state index >= 15 is 0 Å². The Morgan fingerprint density at radius 1 is 1.69 bits per heavy atom. The van der Waals surface area contributed by atoms with Crippen LogP contribution in [0, 0.1) is 0 Å². The first-order valence-electron chi connectivity index (χ1n) is 5.23. The summed E-state index contributed by atoms with van der Waals surface area (Å²) in [4.78, 5) is 11.3. The number of carbonyl (C=O) groups is 1. The summed E-state index contributed by atoms with van der Waals surface area (Å²) in [6, 6.07) is 0. The summed E-state index contributed by atoms with van der Waals surface area (Å²) >= 11 is 0. The summed E-state index contributed by atoms with van der Waals surface area (Å²) in [7, 11) is 0. The molecule has 2 atom stereocenters. The molecule has 92 valence electrons. The molecule has 1 saturated heterocycles. The second kappa shape index (κ2) is 4.95. The first-order valence-corrected chi connectivity index (χ1v) is 5.23. The van der Waals surface area contributed by atoms with Crippen LogP contribution in [-0.4, -0.2) is 42.3 Å². The van der Waals surface area contributed by atoms with Gasteiger partial charge in [-0.1, -0.05) is 6.58 Å². The fourth-order valence-electron chi connectivity index (χ4n) is 1.44. The third-order valence-electron chi connectivity index (χ3n) is 2.28. The quantitative estimate of drug-likeness (QED) is 0.566. The molecule has 1 heterocycles. The summed E-state index contributed by atoms with van der Waals surface area (Å²) in [5.41, 5.74) is -0.00634. The highest BCUT2D eigenvalue weighted by Crippen LogP contribution is 2.26. The summed E-state index contributed by atoms with van der Waals surface area (Å²) in [5.74, 6) is -1.34. The topological polar surface area (TPSA) is 65.0 Å². The lowest BCUT2D eigenvalue weighted by molar-refractivity contribution is -0.152. The number of rotatable bonds is 4. The smallest absolute Gasteiger partial charge is 0.336 e. The van der Waals surface area contributed by atoms with Crippen molar-refractivity contribution in [2.45, 2.75) is 38.8 Å². The molecule has 5 heteroatoms. The molecule has 0 aromatic heterocycles. The lowest BCUT2D eigenvalue weighted by Gasteiger charge is -2.21. The molecule has 1 N–H and O–H groups in total. The van der Waals surface area contributed by atoms with Crippen molar-refractivity contribution in [1.29, 1.82) is 0 Å². The number of aliphatic hydroxyl groups is 1. The Hall–Kier alpha value is -0.910. The van der Waals surface area contributed by atoms with Crippen molar-refractivity contribution in [2.24, 2.45) is 0 Å². The first kappa shape index (κ1) is 13.2. The van der Waals surface area contributed by atoms with E-state index in [1.54, 1.807) is 20.8 Å². The van der Waals surface area contributed by atoms with Crippen molar-refractivity contribution in [2.75, 3.05) is 13.2 Å². The largest absolute Gasteiger partial charge is 0.463 e. The molecule has 0 aromatic carbocycles. The molecule has 0 spiro atoms. The molecule has 5 nitrogen and oxygen atoms in total. The Balaban J connectivity index is 2.55. The van der Waals surface area contributed by atoms with Gasteiger partial charge >= 0.3 is 5.97 Å². The highest BCUT2D eigenvalue weighted by atomic mass is 16.7. The van der Waals surface area contributed by atoms with E-state index in [9.17, 15) is 9.90 Å². The highest BCUT2D eigenvalue weighted by molar-refractivity contribution is 5.88. The Bertz CT molecular complexity index is 284. The van der Waals surface area contributed by atoms with E-state index in [1.165, 1.54) is 0 Å². The molecular formula is C11H18O5. The normalized spacial score (nSPS) is 25.1. The molecule has 1 fully saturated rings. The van der Waals surface area contributed by atoms with Gasteiger partial charge in [0.25, 0.3) is 0 Å². The standard InChI is InChI=1S/C11H18O5/c1-5-14-10(13)7(2)9(12)8-6-15-11(3,4)16-8/h8-9,12H,2,5-6H2,1,3-4H3/t8-,9+/m1/s1. The Morgan fingerprint density at radius 2 is 2.31 bits per heavy atom. The molecule has 0 radical (unpaired) electrons. The lowest BCUT2D eigenvalue weighted by atomic mass is 10.1. The zero-order chi connectivity index (χ0) is 12.3. The Kier molecular flexibility index (Phi) is 4.07. The Labute approximate surface area is 95.0 Å². The molecule has 1 aliphatic heterocycles. The van der Waals surface area contributed by atoms with Crippen LogP contribution < -0.4 is 0 Å². The molecule has 0 aliphatic carbocycles. The second-order valence-corrected chi connectivity index (χ2v) is 4.06. The summed E-state index contributed by atoms with van der Waals surface area (Å²) in [5, 5.41) is 9.84. The fourth-order valence-corrected chi connectivity index (χ4v) is 1.44. The predicted octanol–water partition coefficient (Wildman–Crippen LogP) is 0.618. The number of carbonyl (C=O) groups excluding carboxylic acids is 1. The zero-order valence-corrected chi connectivity index (χ0v) is 9.86. The van der Waals surface area contributed by atoms with Crippen LogP contribution in [0.5, 0.6) is 0 Å². The Morgan fingerprint density at radius 3 is 2.75 bits per heavy atom. The number of hydrogen-bond donors (Lipinski definition) is 1. The van der Waals surface area contributed by atoms with Gasteiger partial charge < -0.3 is 19.3 Å². The molecule has 0 bridgehead atoms. The zero-order valence-electron chi connectivity index (χ0n) is 9.86. The molecule has 0 amide bonds. The highest BCUT2D eigenvalue weighted by Gasteiger charge is 2.39. The van der Waals surface area contributed by atoms with Crippen LogP contribution in [0.15, 0.2) is 12.2 Å². The average Bonchev–Trinajstić information content (AvgIpc) is 2.57. The monoisotopic (exact) mass is 230 g/mol. The van der Waals surface area contributed by atoms with E-state index in [1.807, 2.05) is 0 Å². The van der Waals surface area contributed by atoms with Crippen molar-refractivity contribution >= 4 is 5.97 Å². The molecule has 0 aromatic rings. The van der Waals surface area contributed by atoms with E-state index in [0.29, 0.717) is 0 Å².